The molecule has 0 bridgehead atoms. The topological polar surface area (TPSA) is 62.7 Å². The van der Waals surface area contributed by atoms with E-state index in [-0.39, 0.29) is 25.0 Å². The van der Waals surface area contributed by atoms with Crippen molar-refractivity contribution < 1.29 is 14.3 Å². The second-order valence-electron chi connectivity index (χ2n) is 6.92. The number of hydrogen-bond donors (Lipinski definition) is 0. The zero-order chi connectivity index (χ0) is 18.8. The van der Waals surface area contributed by atoms with Gasteiger partial charge in [0.25, 0.3) is 5.91 Å². The lowest BCUT2D eigenvalue weighted by Crippen LogP contribution is -2.45. The van der Waals surface area contributed by atoms with E-state index in [0.717, 1.165) is 55.0 Å². The van der Waals surface area contributed by atoms with Crippen LogP contribution in [0.25, 0.3) is 11.3 Å². The Morgan fingerprint density at radius 2 is 2.11 bits per heavy atom. The highest BCUT2D eigenvalue weighted by Crippen LogP contribution is 2.36. The Morgan fingerprint density at radius 1 is 1.30 bits per heavy atom. The summed E-state index contributed by atoms with van der Waals surface area (Å²) in [5.74, 6) is 0.451. The molecule has 1 aromatic heterocycles. The van der Waals surface area contributed by atoms with Crippen molar-refractivity contribution in [3.8, 4) is 17.0 Å². The minimum absolute atomic E-state index is 0.00186. The van der Waals surface area contributed by atoms with Gasteiger partial charge in [0.1, 0.15) is 12.3 Å². The first kappa shape index (κ1) is 18.0. The molecule has 142 valence electrons. The van der Waals surface area contributed by atoms with Crippen molar-refractivity contribution in [2.24, 2.45) is 0 Å². The van der Waals surface area contributed by atoms with E-state index in [9.17, 15) is 9.59 Å². The molecule has 0 saturated carbocycles. The first-order chi connectivity index (χ1) is 13.2. The Kier molecular flexibility index (Phi) is 5.11. The standard InChI is InChI=1S/C20H23N3O3S/c1-2-5-18-21-15(13-27-18)14-6-7-17-16(10-14)23(20(25)12-26-17)11-19(24)22-8-3-4-9-22/h6-7,10,13H,2-5,8-9,11-12H2,1H3. The largest absolute Gasteiger partial charge is 0.482 e. The molecule has 2 aliphatic heterocycles. The summed E-state index contributed by atoms with van der Waals surface area (Å²) < 4.78 is 5.57. The van der Waals surface area contributed by atoms with Crippen LogP contribution in [0.1, 0.15) is 31.2 Å². The van der Waals surface area contributed by atoms with E-state index in [1.165, 1.54) is 0 Å². The van der Waals surface area contributed by atoms with Crippen molar-refractivity contribution in [3.05, 3.63) is 28.6 Å². The van der Waals surface area contributed by atoms with Gasteiger partial charge in [-0.15, -0.1) is 11.3 Å². The number of amides is 2. The molecule has 1 aromatic carbocycles. The third kappa shape index (κ3) is 3.69. The van der Waals surface area contributed by atoms with Gasteiger partial charge in [-0.2, -0.15) is 0 Å². The molecular formula is C20H23N3O3S. The van der Waals surface area contributed by atoms with Crippen molar-refractivity contribution in [2.45, 2.75) is 32.6 Å². The summed E-state index contributed by atoms with van der Waals surface area (Å²) in [6, 6.07) is 5.73. The molecule has 1 saturated heterocycles. The molecule has 4 rings (SSSR count). The van der Waals surface area contributed by atoms with Crippen molar-refractivity contribution in [1.82, 2.24) is 9.88 Å². The minimum Gasteiger partial charge on any atom is -0.482 e. The number of anilines is 1. The van der Waals surface area contributed by atoms with Crippen LogP contribution in [0.4, 0.5) is 5.69 Å². The van der Waals surface area contributed by atoms with Crippen LogP contribution in [-0.4, -0.2) is 47.9 Å². The number of carbonyl (C=O) groups excluding carboxylic acids is 2. The number of aromatic nitrogens is 1. The number of rotatable bonds is 5. The number of ether oxygens (including phenoxy) is 1. The quantitative estimate of drug-likeness (QED) is 0.793. The van der Waals surface area contributed by atoms with Crippen LogP contribution in [0.3, 0.4) is 0 Å². The summed E-state index contributed by atoms with van der Waals surface area (Å²) >= 11 is 1.65. The van der Waals surface area contributed by atoms with E-state index >= 15 is 0 Å². The Balaban J connectivity index is 1.61. The number of aryl methyl sites for hydroxylation is 1. The summed E-state index contributed by atoms with van der Waals surface area (Å²) in [4.78, 5) is 33.1. The highest BCUT2D eigenvalue weighted by molar-refractivity contribution is 7.09. The predicted octanol–water partition coefficient (Wildman–Crippen LogP) is 3.11. The summed E-state index contributed by atoms with van der Waals surface area (Å²) in [5.41, 5.74) is 2.49. The van der Waals surface area contributed by atoms with Crippen LogP contribution in [0.15, 0.2) is 23.6 Å². The highest BCUT2D eigenvalue weighted by Gasteiger charge is 2.30. The van der Waals surface area contributed by atoms with Gasteiger partial charge in [-0.25, -0.2) is 4.98 Å². The molecular weight excluding hydrogens is 362 g/mol. The molecule has 0 radical (unpaired) electrons. The lowest BCUT2D eigenvalue weighted by molar-refractivity contribution is -0.131. The molecule has 0 spiro atoms. The van der Waals surface area contributed by atoms with Crippen LogP contribution >= 0.6 is 11.3 Å². The van der Waals surface area contributed by atoms with Gasteiger partial charge in [0, 0.05) is 24.0 Å². The number of likely N-dealkylation sites (tertiary alicyclic amines) is 1. The first-order valence-corrected chi connectivity index (χ1v) is 10.3. The zero-order valence-corrected chi connectivity index (χ0v) is 16.3. The van der Waals surface area contributed by atoms with E-state index in [1.807, 2.05) is 28.5 Å². The molecule has 0 aliphatic carbocycles. The molecule has 3 heterocycles. The van der Waals surface area contributed by atoms with Crippen molar-refractivity contribution in [1.29, 1.82) is 0 Å². The second kappa shape index (κ2) is 7.68. The number of hydrogen-bond acceptors (Lipinski definition) is 5. The molecule has 0 N–H and O–H groups in total. The summed E-state index contributed by atoms with van der Waals surface area (Å²) in [6.45, 7) is 3.73. The molecule has 2 aliphatic rings. The predicted molar refractivity (Wildman–Crippen MR) is 105 cm³/mol. The summed E-state index contributed by atoms with van der Waals surface area (Å²) in [5, 5.41) is 3.15. The molecule has 7 heteroatoms. The fourth-order valence-corrected chi connectivity index (χ4v) is 4.42. The number of nitrogens with zero attached hydrogens (tertiary/aromatic N) is 3. The maximum Gasteiger partial charge on any atom is 0.265 e. The number of benzene rings is 1. The normalized spacial score (nSPS) is 16.4. The molecule has 6 nitrogen and oxygen atoms in total. The van der Waals surface area contributed by atoms with E-state index < -0.39 is 0 Å². The smallest absolute Gasteiger partial charge is 0.265 e. The van der Waals surface area contributed by atoms with Crippen molar-refractivity contribution in [2.75, 3.05) is 31.1 Å². The van der Waals surface area contributed by atoms with Crippen molar-refractivity contribution in [3.63, 3.8) is 0 Å². The van der Waals surface area contributed by atoms with Gasteiger partial charge in [0.15, 0.2) is 6.61 Å². The average Bonchev–Trinajstić information content (AvgIpc) is 3.36. The molecule has 2 aromatic rings. The minimum atomic E-state index is -0.183. The van der Waals surface area contributed by atoms with Gasteiger partial charge < -0.3 is 9.64 Å². The van der Waals surface area contributed by atoms with E-state index in [1.54, 1.807) is 16.2 Å². The second-order valence-corrected chi connectivity index (χ2v) is 7.86. The maximum atomic E-state index is 12.6. The lowest BCUT2D eigenvalue weighted by atomic mass is 10.1. The molecule has 27 heavy (non-hydrogen) atoms. The Labute approximate surface area is 162 Å². The third-order valence-corrected chi connectivity index (χ3v) is 5.87. The lowest BCUT2D eigenvalue weighted by Gasteiger charge is -2.30. The van der Waals surface area contributed by atoms with Crippen LogP contribution in [0.2, 0.25) is 0 Å². The van der Waals surface area contributed by atoms with Crippen molar-refractivity contribution >= 4 is 28.8 Å². The van der Waals surface area contributed by atoms with Gasteiger partial charge in [-0.3, -0.25) is 14.5 Å². The number of carbonyl (C=O) groups is 2. The average molecular weight is 385 g/mol. The van der Waals surface area contributed by atoms with E-state index in [4.69, 9.17) is 4.74 Å². The van der Waals surface area contributed by atoms with E-state index in [2.05, 4.69) is 11.9 Å². The van der Waals surface area contributed by atoms with Crippen LogP contribution in [0, 0.1) is 0 Å². The van der Waals surface area contributed by atoms with Gasteiger partial charge in [0.05, 0.1) is 16.4 Å². The van der Waals surface area contributed by atoms with Gasteiger partial charge in [-0.1, -0.05) is 6.92 Å². The Bertz CT molecular complexity index is 858. The number of thiazole rings is 1. The van der Waals surface area contributed by atoms with E-state index in [0.29, 0.717) is 11.4 Å². The molecule has 2 amide bonds. The molecule has 0 atom stereocenters. The Hall–Kier alpha value is -2.41. The van der Waals surface area contributed by atoms with Crippen LogP contribution in [-0.2, 0) is 16.0 Å². The zero-order valence-electron chi connectivity index (χ0n) is 15.4. The summed E-state index contributed by atoms with van der Waals surface area (Å²) in [6.07, 6.45) is 4.10. The van der Waals surface area contributed by atoms with Gasteiger partial charge >= 0.3 is 0 Å². The SMILES string of the molecule is CCCc1nc(-c2ccc3c(c2)N(CC(=O)N2CCCC2)C(=O)CO3)cs1. The van der Waals surface area contributed by atoms with Crippen LogP contribution < -0.4 is 9.64 Å². The monoisotopic (exact) mass is 385 g/mol. The number of fused-ring (bicyclic) bond motifs is 1. The molecule has 0 unspecified atom stereocenters. The van der Waals surface area contributed by atoms with Crippen LogP contribution in [0.5, 0.6) is 5.75 Å². The Morgan fingerprint density at radius 3 is 2.89 bits per heavy atom. The summed E-state index contributed by atoms with van der Waals surface area (Å²) in [7, 11) is 0. The van der Waals surface area contributed by atoms with Gasteiger partial charge in [-0.05, 0) is 43.9 Å². The fraction of sp³-hybridized carbons (Fsp3) is 0.450. The van der Waals surface area contributed by atoms with Gasteiger partial charge in [0.2, 0.25) is 5.91 Å². The maximum absolute atomic E-state index is 12.6. The highest BCUT2D eigenvalue weighted by atomic mass is 32.1. The fourth-order valence-electron chi connectivity index (χ4n) is 3.51. The molecule has 1 fully saturated rings. The third-order valence-electron chi connectivity index (χ3n) is 4.97. The first-order valence-electron chi connectivity index (χ1n) is 9.45.